The number of ether oxygens (including phenoxy) is 1. The molecule has 0 aliphatic carbocycles. The van der Waals surface area contributed by atoms with Gasteiger partial charge in [0.25, 0.3) is 5.89 Å². The van der Waals surface area contributed by atoms with Crippen LogP contribution in [0.3, 0.4) is 0 Å². The molecule has 1 N–H and O–H groups in total. The Hall–Kier alpha value is -2.92. The van der Waals surface area contributed by atoms with Crippen LogP contribution in [0, 0.1) is 5.92 Å². The standard InChI is InChI=1S/C18H20N4O6S/c1-26-13-7-3-5-11-9-14(27-15(11)13)17-20-21-18(28-17)19-16(23)12-6-4-8-22(10-12)29(2,24)25/h3,5,7,9,12H,4,6,8,10H2,1-2H3,(H,19,21,23)/t12-/m0/s1. The number of fused-ring (bicyclic) bond motifs is 1. The summed E-state index contributed by atoms with van der Waals surface area (Å²) >= 11 is 0. The number of hydrogen-bond donors (Lipinski definition) is 1. The van der Waals surface area contributed by atoms with E-state index in [1.807, 2.05) is 12.1 Å². The average Bonchev–Trinajstić information content (AvgIpc) is 3.33. The van der Waals surface area contributed by atoms with Gasteiger partial charge < -0.3 is 13.6 Å². The Balaban J connectivity index is 1.49. The molecule has 154 valence electrons. The van der Waals surface area contributed by atoms with Crippen LogP contribution >= 0.6 is 0 Å². The van der Waals surface area contributed by atoms with Crippen LogP contribution in [0.2, 0.25) is 0 Å². The van der Waals surface area contributed by atoms with Crippen LogP contribution in [0.15, 0.2) is 33.1 Å². The summed E-state index contributed by atoms with van der Waals surface area (Å²) in [5, 5.41) is 11.1. The lowest BCUT2D eigenvalue weighted by molar-refractivity contribution is -0.121. The molecule has 4 rings (SSSR count). The van der Waals surface area contributed by atoms with Crippen molar-refractivity contribution in [3.05, 3.63) is 24.3 Å². The highest BCUT2D eigenvalue weighted by atomic mass is 32.2. The number of furan rings is 1. The highest BCUT2D eigenvalue weighted by Gasteiger charge is 2.31. The number of para-hydroxylation sites is 1. The number of methoxy groups -OCH3 is 1. The number of hydrogen-bond acceptors (Lipinski definition) is 8. The highest BCUT2D eigenvalue weighted by molar-refractivity contribution is 7.88. The topological polar surface area (TPSA) is 128 Å². The quantitative estimate of drug-likeness (QED) is 0.665. The largest absolute Gasteiger partial charge is 0.493 e. The number of amides is 1. The number of carbonyl (C=O) groups excluding carboxylic acids is 1. The van der Waals surface area contributed by atoms with E-state index in [1.54, 1.807) is 19.2 Å². The van der Waals surface area contributed by atoms with Crippen molar-refractivity contribution in [3.63, 3.8) is 0 Å². The number of piperidine rings is 1. The summed E-state index contributed by atoms with van der Waals surface area (Å²) in [6.45, 7) is 0.553. The average molecular weight is 420 g/mol. The molecular weight excluding hydrogens is 400 g/mol. The molecule has 1 aliphatic heterocycles. The summed E-state index contributed by atoms with van der Waals surface area (Å²) in [7, 11) is -1.79. The Morgan fingerprint density at radius 3 is 2.90 bits per heavy atom. The van der Waals surface area contributed by atoms with Gasteiger partial charge in [-0.25, -0.2) is 12.7 Å². The van der Waals surface area contributed by atoms with E-state index in [9.17, 15) is 13.2 Å². The summed E-state index contributed by atoms with van der Waals surface area (Å²) < 4.78 is 41.3. The van der Waals surface area contributed by atoms with E-state index in [2.05, 4.69) is 15.5 Å². The Morgan fingerprint density at radius 1 is 1.31 bits per heavy atom. The Kier molecular flexibility index (Phi) is 5.01. The van der Waals surface area contributed by atoms with Gasteiger partial charge >= 0.3 is 6.01 Å². The van der Waals surface area contributed by atoms with Crippen molar-refractivity contribution >= 4 is 32.9 Å². The van der Waals surface area contributed by atoms with Crippen LogP contribution in [-0.2, 0) is 14.8 Å². The molecule has 3 heterocycles. The fraction of sp³-hybridized carbons (Fsp3) is 0.389. The Labute approximate surface area is 166 Å². The van der Waals surface area contributed by atoms with Gasteiger partial charge in [0.1, 0.15) is 0 Å². The van der Waals surface area contributed by atoms with Crippen LogP contribution < -0.4 is 10.1 Å². The second-order valence-corrected chi connectivity index (χ2v) is 8.83. The van der Waals surface area contributed by atoms with Crippen molar-refractivity contribution < 1.29 is 26.8 Å². The fourth-order valence-corrected chi connectivity index (χ4v) is 4.25. The molecule has 1 fully saturated rings. The van der Waals surface area contributed by atoms with E-state index in [0.717, 1.165) is 11.6 Å². The van der Waals surface area contributed by atoms with Crippen LogP contribution in [0.1, 0.15) is 12.8 Å². The third kappa shape index (κ3) is 3.96. The van der Waals surface area contributed by atoms with Gasteiger partial charge in [-0.1, -0.05) is 17.2 Å². The van der Waals surface area contributed by atoms with Crippen molar-refractivity contribution in [1.29, 1.82) is 0 Å². The zero-order valence-electron chi connectivity index (χ0n) is 15.9. The molecule has 1 atom stereocenters. The maximum Gasteiger partial charge on any atom is 0.322 e. The lowest BCUT2D eigenvalue weighted by atomic mass is 9.99. The van der Waals surface area contributed by atoms with Crippen molar-refractivity contribution in [2.24, 2.45) is 5.92 Å². The number of nitrogens with one attached hydrogen (secondary N) is 1. The molecule has 0 radical (unpaired) electrons. The van der Waals surface area contributed by atoms with Gasteiger partial charge in [-0.15, -0.1) is 5.10 Å². The number of benzene rings is 1. The molecule has 1 aromatic carbocycles. The van der Waals surface area contributed by atoms with Crippen molar-refractivity contribution in [2.45, 2.75) is 12.8 Å². The van der Waals surface area contributed by atoms with E-state index in [-0.39, 0.29) is 24.4 Å². The minimum absolute atomic E-state index is 0.0751. The van der Waals surface area contributed by atoms with Crippen molar-refractivity contribution in [3.8, 4) is 17.4 Å². The molecule has 1 aliphatic rings. The summed E-state index contributed by atoms with van der Waals surface area (Å²) in [5.41, 5.74) is 0.553. The molecule has 10 nitrogen and oxygen atoms in total. The summed E-state index contributed by atoms with van der Waals surface area (Å²) in [6, 6.07) is 7.14. The molecule has 1 saturated heterocycles. The first-order valence-corrected chi connectivity index (χ1v) is 10.9. The molecule has 29 heavy (non-hydrogen) atoms. The maximum atomic E-state index is 12.5. The van der Waals surface area contributed by atoms with Gasteiger partial charge in [-0.2, -0.15) is 0 Å². The van der Waals surface area contributed by atoms with Gasteiger partial charge in [-0.05, 0) is 25.0 Å². The van der Waals surface area contributed by atoms with Crippen molar-refractivity contribution in [1.82, 2.24) is 14.5 Å². The van der Waals surface area contributed by atoms with Crippen LogP contribution in [0.4, 0.5) is 6.01 Å². The fourth-order valence-electron chi connectivity index (χ4n) is 3.34. The third-order valence-electron chi connectivity index (χ3n) is 4.82. The maximum absolute atomic E-state index is 12.5. The Bertz CT molecular complexity index is 1150. The van der Waals surface area contributed by atoms with Gasteiger partial charge in [0.15, 0.2) is 17.1 Å². The molecule has 11 heteroatoms. The summed E-state index contributed by atoms with van der Waals surface area (Å²) in [6.07, 6.45) is 2.34. The van der Waals surface area contributed by atoms with E-state index >= 15 is 0 Å². The van der Waals surface area contributed by atoms with Crippen LogP contribution in [0.5, 0.6) is 5.75 Å². The molecule has 1 amide bonds. The molecule has 0 spiro atoms. The molecule has 2 aromatic heterocycles. The third-order valence-corrected chi connectivity index (χ3v) is 6.09. The first kappa shape index (κ1) is 19.4. The highest BCUT2D eigenvalue weighted by Crippen LogP contribution is 2.33. The SMILES string of the molecule is COc1cccc2cc(-c3nnc(NC(=O)[C@H]4CCCN(S(C)(=O)=O)C4)o3)oc12. The zero-order chi connectivity index (χ0) is 20.6. The second kappa shape index (κ2) is 7.48. The van der Waals surface area contributed by atoms with Gasteiger partial charge in [0.05, 0.1) is 19.3 Å². The molecule has 0 saturated carbocycles. The van der Waals surface area contributed by atoms with Gasteiger partial charge in [0.2, 0.25) is 15.9 Å². The monoisotopic (exact) mass is 420 g/mol. The van der Waals surface area contributed by atoms with Gasteiger partial charge in [0, 0.05) is 18.5 Å². The van der Waals surface area contributed by atoms with Crippen LogP contribution in [0.25, 0.3) is 22.6 Å². The van der Waals surface area contributed by atoms with E-state index in [0.29, 0.717) is 36.5 Å². The molecule has 0 bridgehead atoms. The number of carbonyl (C=O) groups is 1. The smallest absolute Gasteiger partial charge is 0.322 e. The molecule has 3 aromatic rings. The number of rotatable bonds is 5. The zero-order valence-corrected chi connectivity index (χ0v) is 16.7. The number of aromatic nitrogens is 2. The van der Waals surface area contributed by atoms with Gasteiger partial charge in [-0.3, -0.25) is 10.1 Å². The summed E-state index contributed by atoms with van der Waals surface area (Å²) in [4.78, 5) is 12.5. The second-order valence-electron chi connectivity index (χ2n) is 6.85. The summed E-state index contributed by atoms with van der Waals surface area (Å²) in [5.74, 6) is 0.192. The molecule has 0 unspecified atom stereocenters. The minimum atomic E-state index is -3.34. The van der Waals surface area contributed by atoms with E-state index in [4.69, 9.17) is 13.6 Å². The number of anilines is 1. The minimum Gasteiger partial charge on any atom is -0.493 e. The first-order chi connectivity index (χ1) is 13.8. The predicted molar refractivity (Wildman–Crippen MR) is 104 cm³/mol. The Morgan fingerprint density at radius 2 is 2.14 bits per heavy atom. The van der Waals surface area contributed by atoms with Crippen LogP contribution in [-0.4, -0.2) is 55.3 Å². The van der Waals surface area contributed by atoms with Crippen molar-refractivity contribution in [2.75, 3.05) is 31.8 Å². The normalized spacial score (nSPS) is 18.1. The predicted octanol–water partition coefficient (Wildman–Crippen LogP) is 2.10. The first-order valence-electron chi connectivity index (χ1n) is 9.01. The lowest BCUT2D eigenvalue weighted by Gasteiger charge is -2.29. The lowest BCUT2D eigenvalue weighted by Crippen LogP contribution is -2.43. The van der Waals surface area contributed by atoms with E-state index < -0.39 is 15.9 Å². The number of nitrogens with zero attached hydrogens (tertiary/aromatic N) is 3. The number of sulfonamides is 1. The molecular formula is C18H20N4O6S. The van der Waals surface area contributed by atoms with E-state index in [1.165, 1.54) is 4.31 Å².